The van der Waals surface area contributed by atoms with Crippen molar-refractivity contribution < 1.29 is 27.4 Å². The molecule has 1 saturated heterocycles. The summed E-state index contributed by atoms with van der Waals surface area (Å²) in [6, 6.07) is 10.8. The topological polar surface area (TPSA) is 55.9 Å². The van der Waals surface area contributed by atoms with Gasteiger partial charge in [-0.1, -0.05) is 12.1 Å². The molecule has 0 unspecified atom stereocenters. The lowest BCUT2D eigenvalue weighted by molar-refractivity contribution is -0.137. The molecule has 1 N–H and O–H groups in total. The second kappa shape index (κ2) is 11.3. The van der Waals surface area contributed by atoms with Crippen LogP contribution in [0.3, 0.4) is 0 Å². The molecule has 4 rings (SSSR count). The van der Waals surface area contributed by atoms with Gasteiger partial charge in [0.2, 0.25) is 0 Å². The van der Waals surface area contributed by atoms with Crippen molar-refractivity contribution in [3.63, 3.8) is 0 Å². The predicted octanol–water partition coefficient (Wildman–Crippen LogP) is 5.39. The van der Waals surface area contributed by atoms with E-state index in [1.165, 1.54) is 19.2 Å². The van der Waals surface area contributed by atoms with E-state index in [-0.39, 0.29) is 0 Å². The summed E-state index contributed by atoms with van der Waals surface area (Å²) in [4.78, 5) is 7.02. The molecule has 1 aliphatic rings. The van der Waals surface area contributed by atoms with E-state index in [0.29, 0.717) is 46.7 Å². The predicted molar refractivity (Wildman–Crippen MR) is 134 cm³/mol. The lowest BCUT2D eigenvalue weighted by atomic mass is 10.1. The Hall–Kier alpha value is -3.04. The van der Waals surface area contributed by atoms with E-state index in [2.05, 4.69) is 22.2 Å². The van der Waals surface area contributed by atoms with E-state index in [1.54, 1.807) is 19.2 Å². The van der Waals surface area contributed by atoms with Crippen LogP contribution < -0.4 is 19.5 Å². The molecule has 9 heteroatoms. The van der Waals surface area contributed by atoms with Crippen molar-refractivity contribution in [2.75, 3.05) is 47.5 Å². The molecule has 0 aliphatic carbocycles. The highest BCUT2D eigenvalue weighted by Gasteiger charge is 2.30. The van der Waals surface area contributed by atoms with E-state index in [0.717, 1.165) is 56.4 Å². The summed E-state index contributed by atoms with van der Waals surface area (Å²) >= 11 is 0. The van der Waals surface area contributed by atoms with Crippen LogP contribution in [0.15, 0.2) is 42.5 Å². The van der Waals surface area contributed by atoms with Gasteiger partial charge in [-0.15, -0.1) is 0 Å². The molecule has 1 aliphatic heterocycles. The number of piperidine rings is 1. The Bertz CT molecular complexity index is 1160. The van der Waals surface area contributed by atoms with Crippen LogP contribution in [0.4, 0.5) is 13.2 Å². The standard InChI is InChI=1S/C27H32F3N3O3/c1-33-12-9-20(10-13-33)31-11-4-14-36-24-16-22(18-5-7-19(8-6-18)27(28,29)30)32-23-17-26(35-3)25(34-2)15-21(23)24/h5-8,15-17,20,31H,4,9-14H2,1-3H3. The average Bonchev–Trinajstić information content (AvgIpc) is 2.88. The molecule has 0 radical (unpaired) electrons. The number of nitrogens with zero attached hydrogens (tertiary/aromatic N) is 2. The number of likely N-dealkylation sites (tertiary alicyclic amines) is 1. The number of aromatic nitrogens is 1. The third-order valence-corrected chi connectivity index (χ3v) is 6.51. The third kappa shape index (κ3) is 6.20. The van der Waals surface area contributed by atoms with E-state index in [4.69, 9.17) is 14.2 Å². The maximum absolute atomic E-state index is 13.0. The van der Waals surface area contributed by atoms with Gasteiger partial charge in [0.15, 0.2) is 11.5 Å². The Morgan fingerprint density at radius 3 is 2.28 bits per heavy atom. The zero-order chi connectivity index (χ0) is 25.7. The number of hydrogen-bond acceptors (Lipinski definition) is 6. The summed E-state index contributed by atoms with van der Waals surface area (Å²) in [6.45, 7) is 3.55. The molecule has 0 atom stereocenters. The van der Waals surface area contributed by atoms with Crippen LogP contribution in [0.1, 0.15) is 24.8 Å². The van der Waals surface area contributed by atoms with Gasteiger partial charge in [0.25, 0.3) is 0 Å². The lowest BCUT2D eigenvalue weighted by Crippen LogP contribution is -2.41. The van der Waals surface area contributed by atoms with Crippen molar-refractivity contribution in [1.82, 2.24) is 15.2 Å². The van der Waals surface area contributed by atoms with Crippen molar-refractivity contribution in [1.29, 1.82) is 0 Å². The molecule has 1 aromatic heterocycles. The maximum Gasteiger partial charge on any atom is 0.416 e. The second-order valence-electron chi connectivity index (χ2n) is 9.04. The molecule has 1 fully saturated rings. The number of fused-ring (bicyclic) bond motifs is 1. The average molecular weight is 504 g/mol. The Morgan fingerprint density at radius 1 is 0.972 bits per heavy atom. The first-order valence-electron chi connectivity index (χ1n) is 12.1. The van der Waals surface area contributed by atoms with Gasteiger partial charge in [0, 0.05) is 29.1 Å². The number of ether oxygens (including phenoxy) is 3. The molecule has 0 bridgehead atoms. The molecule has 0 saturated carbocycles. The van der Waals surface area contributed by atoms with Crippen LogP contribution in [-0.4, -0.2) is 63.4 Å². The summed E-state index contributed by atoms with van der Waals surface area (Å²) < 4.78 is 56.1. The monoisotopic (exact) mass is 503 g/mol. The number of alkyl halides is 3. The Morgan fingerprint density at radius 2 is 1.64 bits per heavy atom. The number of pyridine rings is 1. The van der Waals surface area contributed by atoms with Gasteiger partial charge >= 0.3 is 6.18 Å². The van der Waals surface area contributed by atoms with Gasteiger partial charge in [-0.2, -0.15) is 13.2 Å². The summed E-state index contributed by atoms with van der Waals surface area (Å²) in [6.07, 6.45) is -1.29. The molecular formula is C27H32F3N3O3. The highest BCUT2D eigenvalue weighted by atomic mass is 19.4. The van der Waals surface area contributed by atoms with Crippen molar-refractivity contribution in [3.05, 3.63) is 48.0 Å². The van der Waals surface area contributed by atoms with E-state index in [9.17, 15) is 13.2 Å². The molecule has 3 aromatic rings. The SMILES string of the molecule is COc1cc2nc(-c3ccc(C(F)(F)F)cc3)cc(OCCCNC3CCN(C)CC3)c2cc1OC. The van der Waals surface area contributed by atoms with Crippen LogP contribution in [0.2, 0.25) is 0 Å². The van der Waals surface area contributed by atoms with Crippen molar-refractivity contribution in [3.8, 4) is 28.5 Å². The first kappa shape index (κ1) is 26.0. The molecular weight excluding hydrogens is 471 g/mol. The number of methoxy groups -OCH3 is 2. The molecule has 2 heterocycles. The van der Waals surface area contributed by atoms with Gasteiger partial charge in [-0.05, 0) is 64.1 Å². The van der Waals surface area contributed by atoms with Crippen LogP contribution in [0.25, 0.3) is 22.2 Å². The fourth-order valence-corrected chi connectivity index (χ4v) is 4.39. The minimum atomic E-state index is -4.39. The van der Waals surface area contributed by atoms with E-state index >= 15 is 0 Å². The van der Waals surface area contributed by atoms with Crippen molar-refractivity contribution in [2.45, 2.75) is 31.5 Å². The van der Waals surface area contributed by atoms with Gasteiger partial charge < -0.3 is 24.4 Å². The summed E-state index contributed by atoms with van der Waals surface area (Å²) in [7, 11) is 5.24. The number of benzene rings is 2. The van der Waals surface area contributed by atoms with Gasteiger partial charge in [0.1, 0.15) is 5.75 Å². The number of nitrogens with one attached hydrogen (secondary N) is 1. The number of halogens is 3. The van der Waals surface area contributed by atoms with Crippen LogP contribution in [0, 0.1) is 0 Å². The van der Waals surface area contributed by atoms with Crippen LogP contribution in [-0.2, 0) is 6.18 Å². The van der Waals surface area contributed by atoms with Gasteiger partial charge in [0.05, 0.1) is 37.6 Å². The second-order valence-corrected chi connectivity index (χ2v) is 9.04. The van der Waals surface area contributed by atoms with Crippen LogP contribution >= 0.6 is 0 Å². The minimum absolute atomic E-state index is 0.486. The molecule has 2 aromatic carbocycles. The molecule has 0 spiro atoms. The summed E-state index contributed by atoms with van der Waals surface area (Å²) in [5, 5.41) is 4.35. The lowest BCUT2D eigenvalue weighted by Gasteiger charge is -2.29. The number of hydrogen-bond donors (Lipinski definition) is 1. The van der Waals surface area contributed by atoms with Crippen molar-refractivity contribution >= 4 is 10.9 Å². The largest absolute Gasteiger partial charge is 0.493 e. The van der Waals surface area contributed by atoms with Crippen molar-refractivity contribution in [2.24, 2.45) is 0 Å². The Kier molecular flexibility index (Phi) is 8.21. The van der Waals surface area contributed by atoms with Gasteiger partial charge in [-0.3, -0.25) is 0 Å². The smallest absolute Gasteiger partial charge is 0.416 e. The third-order valence-electron chi connectivity index (χ3n) is 6.51. The molecule has 36 heavy (non-hydrogen) atoms. The maximum atomic E-state index is 13.0. The minimum Gasteiger partial charge on any atom is -0.493 e. The fraction of sp³-hybridized carbons (Fsp3) is 0.444. The normalized spacial score (nSPS) is 15.3. The van der Waals surface area contributed by atoms with Gasteiger partial charge in [-0.25, -0.2) is 4.98 Å². The highest BCUT2D eigenvalue weighted by Crippen LogP contribution is 2.38. The highest BCUT2D eigenvalue weighted by molar-refractivity contribution is 5.90. The molecule has 194 valence electrons. The zero-order valence-corrected chi connectivity index (χ0v) is 20.8. The van der Waals surface area contributed by atoms with E-state index in [1.807, 2.05) is 6.07 Å². The first-order valence-corrected chi connectivity index (χ1v) is 12.1. The quantitative estimate of drug-likeness (QED) is 0.395. The molecule has 6 nitrogen and oxygen atoms in total. The Balaban J connectivity index is 1.55. The Labute approximate surface area is 209 Å². The first-order chi connectivity index (χ1) is 17.3. The van der Waals surface area contributed by atoms with E-state index < -0.39 is 11.7 Å². The van der Waals surface area contributed by atoms with Crippen LogP contribution in [0.5, 0.6) is 17.2 Å². The summed E-state index contributed by atoms with van der Waals surface area (Å²) in [5.74, 6) is 1.65. The molecule has 0 amide bonds. The summed E-state index contributed by atoms with van der Waals surface area (Å²) in [5.41, 5.74) is 0.980. The number of rotatable bonds is 9. The zero-order valence-electron chi connectivity index (χ0n) is 20.8. The fourth-order valence-electron chi connectivity index (χ4n) is 4.39.